The van der Waals surface area contributed by atoms with Crippen molar-refractivity contribution in [1.29, 1.82) is 0 Å². The van der Waals surface area contributed by atoms with E-state index in [0.29, 0.717) is 25.7 Å². The van der Waals surface area contributed by atoms with Crippen LogP contribution < -0.4 is 9.46 Å². The van der Waals surface area contributed by atoms with Gasteiger partial charge in [-0.2, -0.15) is 12.7 Å². The van der Waals surface area contributed by atoms with Crippen molar-refractivity contribution in [2.75, 3.05) is 59.6 Å². The molecule has 5 fully saturated rings. The van der Waals surface area contributed by atoms with Crippen LogP contribution in [0.5, 0.6) is 5.75 Å². The highest BCUT2D eigenvalue weighted by atomic mass is 32.2. The first-order valence-electron chi connectivity index (χ1n) is 18.9. The van der Waals surface area contributed by atoms with Gasteiger partial charge in [-0.25, -0.2) is 4.72 Å². The molecule has 9 rings (SSSR count). The van der Waals surface area contributed by atoms with Gasteiger partial charge in [0.1, 0.15) is 5.75 Å². The summed E-state index contributed by atoms with van der Waals surface area (Å²) in [6, 6.07) is 12.0. The average molecular weight is 716 g/mol. The van der Waals surface area contributed by atoms with E-state index in [2.05, 4.69) is 38.1 Å². The average Bonchev–Trinajstić information content (AvgIpc) is 3.65. The number of methoxy groups -OCH3 is 1. The normalized spacial score (nSPS) is 28.4. The second-order valence-corrected chi connectivity index (χ2v) is 17.7. The van der Waals surface area contributed by atoms with E-state index < -0.39 is 21.5 Å². The highest BCUT2D eigenvalue weighted by molar-refractivity contribution is 7.87. The molecular formula is C39H49N5O6S. The van der Waals surface area contributed by atoms with Gasteiger partial charge in [-0.1, -0.05) is 25.3 Å². The summed E-state index contributed by atoms with van der Waals surface area (Å²) in [5.74, 6) is 0.774. The maximum Gasteiger partial charge on any atom is 0.304 e. The summed E-state index contributed by atoms with van der Waals surface area (Å²) >= 11 is 0. The standard InChI is InChI=1S/C39H49N5O6S/c1-38-13-6-14-42(38)16-15-41(24-38)37(46)39-23-32(39)31-22-28(49-2)10-12-29(31)35-34(26-7-4-3-5-8-26)30-11-9-27(21-33(30)44(35)25-39)36(45)40-51(47,48)43-17-19-50-20-18-43/h9-12,21-22,26,32H,3-8,13-20,23-25H2,1-2H3,(H,40,45)/t32?,38-,39?/m0/s1. The Balaban J connectivity index is 1.17. The number of fused-ring (bicyclic) bond motifs is 8. The second-order valence-electron chi connectivity index (χ2n) is 16.0. The van der Waals surface area contributed by atoms with E-state index in [-0.39, 0.29) is 36.0 Å². The van der Waals surface area contributed by atoms with E-state index in [1.807, 2.05) is 18.2 Å². The quantitative estimate of drug-likeness (QED) is 0.388. The molecule has 2 unspecified atom stereocenters. The maximum atomic E-state index is 15.0. The van der Waals surface area contributed by atoms with E-state index in [0.717, 1.165) is 79.8 Å². The van der Waals surface area contributed by atoms with Gasteiger partial charge in [0.05, 0.1) is 31.4 Å². The van der Waals surface area contributed by atoms with Crippen molar-refractivity contribution in [3.05, 3.63) is 53.1 Å². The molecule has 1 aromatic heterocycles. The summed E-state index contributed by atoms with van der Waals surface area (Å²) in [6.07, 6.45) is 8.79. The molecule has 272 valence electrons. The number of ether oxygens (including phenoxy) is 2. The lowest BCUT2D eigenvalue weighted by Crippen LogP contribution is -2.60. The van der Waals surface area contributed by atoms with Gasteiger partial charge >= 0.3 is 10.2 Å². The van der Waals surface area contributed by atoms with E-state index in [1.165, 1.54) is 41.1 Å². The van der Waals surface area contributed by atoms with Gasteiger partial charge in [-0.05, 0) is 92.9 Å². The second kappa shape index (κ2) is 12.3. The van der Waals surface area contributed by atoms with Crippen LogP contribution in [0, 0.1) is 5.41 Å². The number of amides is 2. The van der Waals surface area contributed by atoms with Crippen LogP contribution in [0.15, 0.2) is 36.4 Å². The van der Waals surface area contributed by atoms with E-state index in [4.69, 9.17) is 9.47 Å². The van der Waals surface area contributed by atoms with Gasteiger partial charge in [0.25, 0.3) is 5.91 Å². The van der Waals surface area contributed by atoms with Crippen LogP contribution in [0.3, 0.4) is 0 Å². The zero-order valence-corrected chi connectivity index (χ0v) is 30.6. The van der Waals surface area contributed by atoms with Crippen LogP contribution in [0.4, 0.5) is 0 Å². The van der Waals surface area contributed by atoms with Gasteiger partial charge in [-0.3, -0.25) is 14.5 Å². The number of piperazine rings is 1. The molecule has 2 aromatic carbocycles. The largest absolute Gasteiger partial charge is 0.497 e. The smallest absolute Gasteiger partial charge is 0.304 e. The molecule has 2 saturated carbocycles. The van der Waals surface area contributed by atoms with Crippen molar-refractivity contribution in [2.24, 2.45) is 5.41 Å². The third-order valence-corrected chi connectivity index (χ3v) is 14.6. The maximum absolute atomic E-state index is 15.0. The molecule has 12 heteroatoms. The Bertz CT molecular complexity index is 2020. The monoisotopic (exact) mass is 715 g/mol. The molecule has 3 aromatic rings. The highest BCUT2D eigenvalue weighted by Crippen LogP contribution is 2.66. The van der Waals surface area contributed by atoms with Crippen molar-refractivity contribution in [1.82, 2.24) is 23.4 Å². The minimum Gasteiger partial charge on any atom is -0.497 e. The Kier molecular flexibility index (Phi) is 8.06. The number of benzene rings is 2. The Labute approximate surface area is 300 Å². The van der Waals surface area contributed by atoms with Gasteiger partial charge in [0, 0.05) is 72.8 Å². The molecule has 3 atom stereocenters. The first kappa shape index (κ1) is 33.4. The number of hydrogen-bond donors (Lipinski definition) is 1. The van der Waals surface area contributed by atoms with Crippen LogP contribution >= 0.6 is 0 Å². The van der Waals surface area contributed by atoms with Crippen LogP contribution in [-0.2, 0) is 26.3 Å². The molecule has 6 aliphatic rings. The van der Waals surface area contributed by atoms with Gasteiger partial charge in [-0.15, -0.1) is 0 Å². The van der Waals surface area contributed by atoms with E-state index in [9.17, 15) is 13.2 Å². The molecule has 1 N–H and O–H groups in total. The number of hydrogen-bond acceptors (Lipinski definition) is 7. The van der Waals surface area contributed by atoms with Crippen LogP contribution in [0.1, 0.15) is 91.6 Å². The van der Waals surface area contributed by atoms with E-state index in [1.54, 1.807) is 13.2 Å². The van der Waals surface area contributed by atoms with Gasteiger partial charge in [0.2, 0.25) is 5.91 Å². The summed E-state index contributed by atoms with van der Waals surface area (Å²) in [4.78, 5) is 33.4. The summed E-state index contributed by atoms with van der Waals surface area (Å²) in [6.45, 7) is 7.32. The van der Waals surface area contributed by atoms with Crippen molar-refractivity contribution in [3.8, 4) is 17.0 Å². The summed E-state index contributed by atoms with van der Waals surface area (Å²) in [5, 5.41) is 1.08. The third kappa shape index (κ3) is 5.42. The minimum absolute atomic E-state index is 0.0179. The Morgan fingerprint density at radius 2 is 1.75 bits per heavy atom. The summed E-state index contributed by atoms with van der Waals surface area (Å²) < 4.78 is 43.4. The lowest BCUT2D eigenvalue weighted by Gasteiger charge is -2.46. The van der Waals surface area contributed by atoms with Gasteiger partial charge < -0.3 is 18.9 Å². The number of carbonyl (C=O) groups is 2. The predicted octanol–water partition coefficient (Wildman–Crippen LogP) is 4.86. The van der Waals surface area contributed by atoms with Gasteiger partial charge in [0.15, 0.2) is 0 Å². The molecule has 51 heavy (non-hydrogen) atoms. The molecule has 4 aliphatic heterocycles. The number of morpholine rings is 1. The summed E-state index contributed by atoms with van der Waals surface area (Å²) in [5.41, 5.74) is 5.31. The zero-order chi connectivity index (χ0) is 35.1. The zero-order valence-electron chi connectivity index (χ0n) is 29.8. The number of carbonyl (C=O) groups excluding carboxylic acids is 2. The molecule has 3 saturated heterocycles. The highest BCUT2D eigenvalue weighted by Gasteiger charge is 2.64. The molecule has 11 nitrogen and oxygen atoms in total. The first-order valence-corrected chi connectivity index (χ1v) is 20.3. The fourth-order valence-electron chi connectivity index (χ4n) is 10.3. The number of aromatic nitrogens is 1. The van der Waals surface area contributed by atoms with Crippen LogP contribution in [0.2, 0.25) is 0 Å². The number of rotatable bonds is 6. The Hall–Kier alpha value is -3.45. The Morgan fingerprint density at radius 1 is 0.941 bits per heavy atom. The lowest BCUT2D eigenvalue weighted by molar-refractivity contribution is -0.142. The predicted molar refractivity (Wildman–Crippen MR) is 194 cm³/mol. The molecule has 0 spiro atoms. The fraction of sp³-hybridized carbons (Fsp3) is 0.590. The van der Waals surface area contributed by atoms with Crippen LogP contribution in [0.25, 0.3) is 22.2 Å². The first-order chi connectivity index (χ1) is 24.6. The van der Waals surface area contributed by atoms with Crippen molar-refractivity contribution >= 4 is 32.9 Å². The molecule has 2 aliphatic carbocycles. The molecular weight excluding hydrogens is 667 g/mol. The lowest BCUT2D eigenvalue weighted by atomic mass is 9.81. The molecule has 0 bridgehead atoms. The molecule has 5 heterocycles. The van der Waals surface area contributed by atoms with Crippen LogP contribution in [-0.4, -0.2) is 104 Å². The number of nitrogens with zero attached hydrogens (tertiary/aromatic N) is 4. The molecule has 0 radical (unpaired) electrons. The third-order valence-electron chi connectivity index (χ3n) is 13.1. The minimum atomic E-state index is -4.03. The topological polar surface area (TPSA) is 113 Å². The van der Waals surface area contributed by atoms with Crippen molar-refractivity contribution < 1.29 is 27.5 Å². The Morgan fingerprint density at radius 3 is 2.53 bits per heavy atom. The SMILES string of the molecule is COc1ccc2c(c1)C1CC1(C(=O)N1CCN3CCC[C@@]3(C)C1)Cn1c-2c(C2CCCCC2)c2ccc(C(=O)NS(=O)(=O)N3CCOCC3)cc21. The van der Waals surface area contributed by atoms with E-state index >= 15 is 4.79 Å². The van der Waals surface area contributed by atoms with Crippen molar-refractivity contribution in [3.63, 3.8) is 0 Å². The molecule has 2 amide bonds. The van der Waals surface area contributed by atoms with Crippen molar-refractivity contribution in [2.45, 2.75) is 82.2 Å². The number of nitrogens with one attached hydrogen (secondary N) is 1. The fourth-order valence-corrected chi connectivity index (χ4v) is 11.4. The summed E-state index contributed by atoms with van der Waals surface area (Å²) in [7, 11) is -2.33.